The fourth-order valence-corrected chi connectivity index (χ4v) is 9.53. The minimum atomic E-state index is -4.74. The lowest BCUT2D eigenvalue weighted by molar-refractivity contribution is -0.161. The van der Waals surface area contributed by atoms with Gasteiger partial charge in [-0.25, -0.2) is 4.57 Å². The Bertz CT molecular complexity index is 1310. The van der Waals surface area contributed by atoms with Gasteiger partial charge in [-0.1, -0.05) is 257 Å². The number of esters is 3. The van der Waals surface area contributed by atoms with Crippen LogP contribution >= 0.6 is 7.82 Å². The smallest absolute Gasteiger partial charge is 0.462 e. The minimum Gasteiger partial charge on any atom is -0.462 e. The van der Waals surface area contributed by atoms with Gasteiger partial charge >= 0.3 is 25.7 Å². The van der Waals surface area contributed by atoms with E-state index in [1.807, 2.05) is 0 Å². The summed E-state index contributed by atoms with van der Waals surface area (Å²) in [4.78, 5) is 48.5. The third-order valence-corrected chi connectivity index (χ3v) is 14.3. The predicted molar refractivity (Wildman–Crippen MR) is 298 cm³/mol. The number of phosphoric ester groups is 1. The highest BCUT2D eigenvalue weighted by Crippen LogP contribution is 2.43. The Kier molecular flexibility index (Phi) is 53.6. The molecule has 0 fully saturated rings. The van der Waals surface area contributed by atoms with E-state index in [0.29, 0.717) is 19.3 Å². The number of unbranched alkanes of at least 4 members (excludes halogenated alkanes) is 36. The van der Waals surface area contributed by atoms with E-state index in [1.165, 1.54) is 173 Å². The summed E-state index contributed by atoms with van der Waals surface area (Å²) in [6.45, 7) is 4.65. The molecule has 424 valence electrons. The van der Waals surface area contributed by atoms with Gasteiger partial charge in [0.25, 0.3) is 0 Å². The van der Waals surface area contributed by atoms with E-state index in [1.54, 1.807) is 0 Å². The summed E-state index contributed by atoms with van der Waals surface area (Å²) in [5, 5.41) is 9.78. The first-order chi connectivity index (χ1) is 35.2. The van der Waals surface area contributed by atoms with Gasteiger partial charge in [0.1, 0.15) is 12.7 Å². The molecule has 0 aliphatic rings. The predicted octanol–water partition coefficient (Wildman–Crippen LogP) is 17.8. The van der Waals surface area contributed by atoms with Crippen molar-refractivity contribution in [1.82, 2.24) is 0 Å². The highest BCUT2D eigenvalue weighted by molar-refractivity contribution is 7.47. The number of carbonyl (C=O) groups is 3. The van der Waals surface area contributed by atoms with Crippen LogP contribution in [0.4, 0.5) is 0 Å². The summed E-state index contributed by atoms with van der Waals surface area (Å²) in [5.74, 6) is -1.44. The fraction of sp³-hybridized carbons (Fsp3) is 0.883. The van der Waals surface area contributed by atoms with Crippen molar-refractivity contribution < 1.29 is 52.2 Å². The maximum Gasteiger partial charge on any atom is 0.472 e. The van der Waals surface area contributed by atoms with E-state index >= 15 is 0 Å². The van der Waals surface area contributed by atoms with Gasteiger partial charge in [-0.15, -0.1) is 0 Å². The van der Waals surface area contributed by atoms with Crippen molar-refractivity contribution >= 4 is 25.7 Å². The number of aliphatic hydroxyl groups excluding tert-OH is 1. The number of carbonyl (C=O) groups excluding carboxylic acids is 3. The molecule has 0 aromatic rings. The zero-order valence-electron chi connectivity index (χ0n) is 46.9. The molecule has 0 spiro atoms. The van der Waals surface area contributed by atoms with E-state index in [4.69, 9.17) is 23.3 Å². The van der Waals surface area contributed by atoms with E-state index in [9.17, 15) is 28.9 Å². The second-order valence-electron chi connectivity index (χ2n) is 20.5. The molecule has 11 nitrogen and oxygen atoms in total. The average Bonchev–Trinajstić information content (AvgIpc) is 3.37. The third kappa shape index (κ3) is 52.8. The quantitative estimate of drug-likeness (QED) is 0.0197. The maximum absolute atomic E-state index is 12.9. The van der Waals surface area contributed by atoms with Crippen molar-refractivity contribution in [1.29, 1.82) is 0 Å². The summed E-state index contributed by atoms with van der Waals surface area (Å²) in [6, 6.07) is 0. The molecule has 0 amide bonds. The summed E-state index contributed by atoms with van der Waals surface area (Å²) in [7, 11) is -4.74. The molecular weight excluding hydrogens is 928 g/mol. The number of hydrogen-bond acceptors (Lipinski definition) is 10. The molecule has 3 unspecified atom stereocenters. The van der Waals surface area contributed by atoms with Crippen LogP contribution in [-0.2, 0) is 42.2 Å². The van der Waals surface area contributed by atoms with Crippen LogP contribution in [0.5, 0.6) is 0 Å². The van der Waals surface area contributed by atoms with Gasteiger partial charge in [0.15, 0.2) is 6.10 Å². The largest absolute Gasteiger partial charge is 0.472 e. The summed E-state index contributed by atoms with van der Waals surface area (Å²) >= 11 is 0. The Morgan fingerprint density at radius 3 is 1.06 bits per heavy atom. The molecule has 3 atom stereocenters. The van der Waals surface area contributed by atoms with Crippen LogP contribution in [0.3, 0.4) is 0 Å². The first-order valence-corrected chi connectivity index (χ1v) is 31.7. The minimum absolute atomic E-state index is 0.174. The average molecular weight is 1040 g/mol. The molecule has 0 heterocycles. The van der Waals surface area contributed by atoms with Crippen molar-refractivity contribution in [3.8, 4) is 0 Å². The van der Waals surface area contributed by atoms with Gasteiger partial charge in [-0.2, -0.15) is 0 Å². The molecule has 0 rings (SSSR count). The fourth-order valence-electron chi connectivity index (χ4n) is 8.74. The molecule has 0 aromatic heterocycles. The first kappa shape index (κ1) is 70.0. The third-order valence-electron chi connectivity index (χ3n) is 13.4. The standard InChI is InChI=1S/C60H113O11P/c1-4-7-10-13-16-19-21-23-25-27-28-30-31-33-35-38-40-43-46-49-58(62)67-53-57(71-60(64)51-48-45-42-39-36-34-32-29-26-24-22-20-17-14-11-8-5-2)55-69-72(65,66)68-54-56(52-61)70-59(63)50-47-44-41-37-18-15-12-9-6-3/h16,19,23,25,56-57,61H,4-15,17-18,20-22,24,26-55H2,1-3H3,(H,65,66)/b19-16-,25-23-. The van der Waals surface area contributed by atoms with Crippen LogP contribution in [0.25, 0.3) is 0 Å². The van der Waals surface area contributed by atoms with E-state index < -0.39 is 57.8 Å². The van der Waals surface area contributed by atoms with Gasteiger partial charge in [-0.05, 0) is 51.4 Å². The molecule has 0 aliphatic heterocycles. The topological polar surface area (TPSA) is 155 Å². The van der Waals surface area contributed by atoms with Gasteiger partial charge < -0.3 is 24.2 Å². The lowest BCUT2D eigenvalue weighted by Gasteiger charge is -2.21. The molecule has 0 saturated heterocycles. The Morgan fingerprint density at radius 1 is 0.389 bits per heavy atom. The van der Waals surface area contributed by atoms with Crippen molar-refractivity contribution in [2.24, 2.45) is 0 Å². The lowest BCUT2D eigenvalue weighted by atomic mass is 10.0. The molecule has 0 aromatic carbocycles. The molecule has 72 heavy (non-hydrogen) atoms. The zero-order chi connectivity index (χ0) is 52.7. The van der Waals surface area contributed by atoms with Crippen LogP contribution in [0, 0.1) is 0 Å². The molecule has 0 saturated carbocycles. The number of allylic oxidation sites excluding steroid dienone is 4. The van der Waals surface area contributed by atoms with Gasteiger partial charge in [0.05, 0.1) is 19.8 Å². The highest BCUT2D eigenvalue weighted by atomic mass is 31.2. The Balaban J connectivity index is 4.65. The Hall–Kier alpha value is -2.04. The van der Waals surface area contributed by atoms with Crippen LogP contribution in [0.15, 0.2) is 24.3 Å². The van der Waals surface area contributed by atoms with Crippen LogP contribution in [-0.4, -0.2) is 66.5 Å². The van der Waals surface area contributed by atoms with Crippen LogP contribution in [0.1, 0.15) is 303 Å². The van der Waals surface area contributed by atoms with Crippen molar-refractivity contribution in [3.63, 3.8) is 0 Å². The lowest BCUT2D eigenvalue weighted by Crippen LogP contribution is -2.30. The molecule has 0 radical (unpaired) electrons. The van der Waals surface area contributed by atoms with Crippen molar-refractivity contribution in [3.05, 3.63) is 24.3 Å². The molecular formula is C60H113O11P. The second-order valence-corrected chi connectivity index (χ2v) is 22.0. The first-order valence-electron chi connectivity index (χ1n) is 30.2. The monoisotopic (exact) mass is 1040 g/mol. The number of hydrogen-bond donors (Lipinski definition) is 2. The van der Waals surface area contributed by atoms with Crippen molar-refractivity contribution in [2.45, 2.75) is 315 Å². The van der Waals surface area contributed by atoms with E-state index in [2.05, 4.69) is 45.1 Å². The van der Waals surface area contributed by atoms with E-state index in [0.717, 1.165) is 70.6 Å². The van der Waals surface area contributed by atoms with Crippen molar-refractivity contribution in [2.75, 3.05) is 26.4 Å². The number of phosphoric acid groups is 1. The van der Waals surface area contributed by atoms with Gasteiger partial charge in [-0.3, -0.25) is 23.4 Å². The Morgan fingerprint density at radius 2 is 0.681 bits per heavy atom. The number of ether oxygens (including phenoxy) is 3. The number of rotatable bonds is 57. The highest BCUT2D eigenvalue weighted by Gasteiger charge is 2.28. The molecule has 12 heteroatoms. The SMILES string of the molecule is CCCCC/C=C\C/C=C\CCCCCCCCCCCC(=O)OCC(COP(=O)(O)OCC(CO)OC(=O)CCCCCCCCCCC)OC(=O)CCCCCCCCCCCCCCCCCCC. The zero-order valence-corrected chi connectivity index (χ0v) is 47.8. The second kappa shape index (κ2) is 55.2. The molecule has 2 N–H and O–H groups in total. The van der Waals surface area contributed by atoms with E-state index in [-0.39, 0.29) is 25.9 Å². The number of aliphatic hydroxyl groups is 1. The normalized spacial score (nSPS) is 13.5. The molecule has 0 aliphatic carbocycles. The van der Waals surface area contributed by atoms with Crippen LogP contribution < -0.4 is 0 Å². The molecule has 0 bridgehead atoms. The maximum atomic E-state index is 12.9. The summed E-state index contributed by atoms with van der Waals surface area (Å²) in [6.07, 6.45) is 55.7. The van der Waals surface area contributed by atoms with Gasteiger partial charge in [0, 0.05) is 19.3 Å². The van der Waals surface area contributed by atoms with Gasteiger partial charge in [0.2, 0.25) is 0 Å². The summed E-state index contributed by atoms with van der Waals surface area (Å²) < 4.78 is 39.5. The summed E-state index contributed by atoms with van der Waals surface area (Å²) in [5.41, 5.74) is 0. The Labute approximate surface area is 442 Å². The van der Waals surface area contributed by atoms with Crippen LogP contribution in [0.2, 0.25) is 0 Å².